The van der Waals surface area contributed by atoms with Crippen LogP contribution in [0, 0.1) is 5.92 Å². The second-order valence-corrected chi connectivity index (χ2v) is 7.61. The Balaban J connectivity index is 0.00000210. The zero-order chi connectivity index (χ0) is 18.1. The lowest BCUT2D eigenvalue weighted by molar-refractivity contribution is -0.139. The largest absolute Gasteiger partial charge is 0.333 e. The van der Waals surface area contributed by atoms with Gasteiger partial charge in [-0.2, -0.15) is 4.80 Å². The van der Waals surface area contributed by atoms with E-state index in [4.69, 9.17) is 0 Å². The van der Waals surface area contributed by atoms with E-state index >= 15 is 0 Å². The molecule has 2 bridgehead atoms. The van der Waals surface area contributed by atoms with Gasteiger partial charge in [0.2, 0.25) is 11.7 Å². The zero-order valence-corrected chi connectivity index (χ0v) is 16.6. The number of hydrogen-bond acceptors (Lipinski definition) is 5. The van der Waals surface area contributed by atoms with Crippen molar-refractivity contribution in [3.05, 3.63) is 30.3 Å². The molecule has 0 spiro atoms. The van der Waals surface area contributed by atoms with E-state index in [-0.39, 0.29) is 30.3 Å². The average Bonchev–Trinajstić information content (AvgIpc) is 3.19. The number of carbonyl (C=O) groups excluding carboxylic acids is 1. The summed E-state index contributed by atoms with van der Waals surface area (Å²) in [4.78, 5) is 17.1. The Bertz CT molecular complexity index is 751. The third-order valence-corrected chi connectivity index (χ3v) is 5.50. The summed E-state index contributed by atoms with van der Waals surface area (Å²) in [5.74, 6) is 0.786. The lowest BCUT2D eigenvalue weighted by atomic mass is 10.0. The highest BCUT2D eigenvalue weighted by Crippen LogP contribution is 2.32. The van der Waals surface area contributed by atoms with Crippen LogP contribution < -0.4 is 5.32 Å². The summed E-state index contributed by atoms with van der Waals surface area (Å²) in [5.41, 5.74) is 0.910. The first-order valence-electron chi connectivity index (χ1n) is 9.53. The van der Waals surface area contributed by atoms with Gasteiger partial charge in [0.15, 0.2) is 6.04 Å². The third-order valence-electron chi connectivity index (χ3n) is 5.50. The van der Waals surface area contributed by atoms with Crippen molar-refractivity contribution in [2.24, 2.45) is 5.92 Å². The monoisotopic (exact) mass is 390 g/mol. The number of carbonyl (C=O) groups is 1. The molecule has 0 radical (unpaired) electrons. The normalized spacial score (nSPS) is 23.0. The Morgan fingerprint density at radius 1 is 1.15 bits per heavy atom. The van der Waals surface area contributed by atoms with Crippen LogP contribution in [0.25, 0.3) is 11.4 Å². The molecular formula is C19H27ClN6O. The maximum absolute atomic E-state index is 13.5. The molecule has 2 aliphatic rings. The highest BCUT2D eigenvalue weighted by Gasteiger charge is 2.42. The number of tetrazole rings is 1. The van der Waals surface area contributed by atoms with Crippen molar-refractivity contribution in [3.63, 3.8) is 0 Å². The van der Waals surface area contributed by atoms with Crippen molar-refractivity contribution in [1.82, 2.24) is 30.4 Å². The summed E-state index contributed by atoms with van der Waals surface area (Å²) < 4.78 is 0. The van der Waals surface area contributed by atoms with E-state index in [0.29, 0.717) is 11.9 Å². The van der Waals surface area contributed by atoms with Gasteiger partial charge in [0.1, 0.15) is 0 Å². The lowest BCUT2D eigenvalue weighted by Crippen LogP contribution is -2.47. The lowest BCUT2D eigenvalue weighted by Gasteiger charge is -2.32. The van der Waals surface area contributed by atoms with Crippen LogP contribution in [0.2, 0.25) is 0 Å². The van der Waals surface area contributed by atoms with Crippen molar-refractivity contribution in [1.29, 1.82) is 0 Å². The minimum atomic E-state index is -0.416. The van der Waals surface area contributed by atoms with Gasteiger partial charge >= 0.3 is 0 Å². The summed E-state index contributed by atoms with van der Waals surface area (Å²) in [6.07, 6.45) is 3.20. The number of nitrogens with one attached hydrogen (secondary N) is 1. The number of benzene rings is 1. The molecule has 2 aromatic rings. The van der Waals surface area contributed by atoms with Crippen LogP contribution in [0.5, 0.6) is 0 Å². The Hall–Kier alpha value is -1.99. The Morgan fingerprint density at radius 3 is 2.63 bits per heavy atom. The van der Waals surface area contributed by atoms with Gasteiger partial charge in [-0.05, 0) is 36.9 Å². The van der Waals surface area contributed by atoms with Crippen molar-refractivity contribution in [2.45, 2.75) is 51.2 Å². The van der Waals surface area contributed by atoms with Crippen LogP contribution in [0.1, 0.15) is 39.2 Å². The number of halogens is 1. The van der Waals surface area contributed by atoms with Crippen LogP contribution in [-0.2, 0) is 4.79 Å². The average molecular weight is 391 g/mol. The first-order chi connectivity index (χ1) is 12.6. The maximum Gasteiger partial charge on any atom is 0.250 e. The quantitative estimate of drug-likeness (QED) is 0.866. The minimum absolute atomic E-state index is 0. The standard InChI is InChI=1S/C19H26N6O.ClH/c1-13(2)17(19(26)24-15-8-9-16(24)12-20-11-10-15)25-22-18(21-23-25)14-6-4-3-5-7-14;/h3-7,13,15-17,20H,8-12H2,1-2H3;1H. The molecule has 1 N–H and O–H groups in total. The van der Waals surface area contributed by atoms with Crippen LogP contribution >= 0.6 is 12.4 Å². The molecule has 8 heteroatoms. The van der Waals surface area contributed by atoms with Gasteiger partial charge in [0.05, 0.1) is 0 Å². The zero-order valence-electron chi connectivity index (χ0n) is 15.8. The van der Waals surface area contributed by atoms with Crippen molar-refractivity contribution in [2.75, 3.05) is 13.1 Å². The molecule has 0 saturated carbocycles. The molecule has 2 saturated heterocycles. The molecule has 3 unspecified atom stereocenters. The van der Waals surface area contributed by atoms with Gasteiger partial charge in [-0.25, -0.2) is 0 Å². The minimum Gasteiger partial charge on any atom is -0.333 e. The van der Waals surface area contributed by atoms with Gasteiger partial charge in [0, 0.05) is 24.2 Å². The molecule has 1 amide bonds. The SMILES string of the molecule is CC(C)C(C(=O)N1C2CCNCC1CC2)n1nnc(-c2ccccc2)n1.Cl. The van der Waals surface area contributed by atoms with Gasteiger partial charge in [0.25, 0.3) is 0 Å². The highest BCUT2D eigenvalue weighted by molar-refractivity contribution is 5.85. The molecule has 0 aliphatic carbocycles. The Morgan fingerprint density at radius 2 is 1.89 bits per heavy atom. The molecule has 27 heavy (non-hydrogen) atoms. The Kier molecular flexibility index (Phi) is 6.11. The topological polar surface area (TPSA) is 75.9 Å². The van der Waals surface area contributed by atoms with Crippen LogP contribution in [0.3, 0.4) is 0 Å². The van der Waals surface area contributed by atoms with Gasteiger partial charge < -0.3 is 10.2 Å². The van der Waals surface area contributed by atoms with Gasteiger partial charge in [-0.1, -0.05) is 44.2 Å². The van der Waals surface area contributed by atoms with E-state index in [2.05, 4.69) is 25.6 Å². The van der Waals surface area contributed by atoms with Crippen LogP contribution in [-0.4, -0.2) is 56.2 Å². The van der Waals surface area contributed by atoms with Gasteiger partial charge in [-0.15, -0.1) is 22.6 Å². The fourth-order valence-corrected chi connectivity index (χ4v) is 4.19. The van der Waals surface area contributed by atoms with Crippen molar-refractivity contribution < 1.29 is 4.79 Å². The molecule has 7 nitrogen and oxygen atoms in total. The fourth-order valence-electron chi connectivity index (χ4n) is 4.19. The van der Waals surface area contributed by atoms with E-state index in [1.807, 2.05) is 44.2 Å². The number of hydrogen-bond donors (Lipinski definition) is 1. The summed E-state index contributed by atoms with van der Waals surface area (Å²) in [6, 6.07) is 9.96. The number of amides is 1. The second-order valence-electron chi connectivity index (χ2n) is 7.61. The number of aromatic nitrogens is 4. The molecule has 2 fully saturated rings. The molecule has 4 rings (SSSR count). The van der Waals surface area contributed by atoms with E-state index in [9.17, 15) is 4.79 Å². The number of fused-ring (bicyclic) bond motifs is 2. The number of nitrogens with zero attached hydrogens (tertiary/aromatic N) is 5. The fraction of sp³-hybridized carbons (Fsp3) is 0.579. The van der Waals surface area contributed by atoms with E-state index in [1.54, 1.807) is 0 Å². The predicted octanol–water partition coefficient (Wildman–Crippen LogP) is 2.31. The molecule has 1 aromatic heterocycles. The predicted molar refractivity (Wildman–Crippen MR) is 106 cm³/mol. The van der Waals surface area contributed by atoms with Crippen LogP contribution in [0.15, 0.2) is 30.3 Å². The first kappa shape index (κ1) is 19.8. The second kappa shape index (κ2) is 8.35. The molecule has 2 aliphatic heterocycles. The molecule has 146 valence electrons. The van der Waals surface area contributed by atoms with Crippen molar-refractivity contribution in [3.8, 4) is 11.4 Å². The van der Waals surface area contributed by atoms with Crippen LogP contribution in [0.4, 0.5) is 0 Å². The summed E-state index contributed by atoms with van der Waals surface area (Å²) >= 11 is 0. The maximum atomic E-state index is 13.5. The van der Waals surface area contributed by atoms with E-state index < -0.39 is 6.04 Å². The van der Waals surface area contributed by atoms with E-state index in [1.165, 1.54) is 4.80 Å². The smallest absolute Gasteiger partial charge is 0.250 e. The molecule has 3 heterocycles. The number of rotatable bonds is 4. The summed E-state index contributed by atoms with van der Waals surface area (Å²) in [5, 5.41) is 16.4. The summed E-state index contributed by atoms with van der Waals surface area (Å²) in [6.45, 7) is 5.96. The first-order valence-corrected chi connectivity index (χ1v) is 9.53. The van der Waals surface area contributed by atoms with Crippen molar-refractivity contribution >= 4 is 18.3 Å². The highest BCUT2D eigenvalue weighted by atomic mass is 35.5. The third kappa shape index (κ3) is 3.84. The Labute approximate surface area is 165 Å². The molecular weight excluding hydrogens is 364 g/mol. The van der Waals surface area contributed by atoms with Gasteiger partial charge in [-0.3, -0.25) is 4.79 Å². The molecule has 1 aromatic carbocycles. The molecule has 3 atom stereocenters. The van der Waals surface area contributed by atoms with E-state index in [0.717, 1.165) is 37.9 Å². The summed E-state index contributed by atoms with van der Waals surface area (Å²) in [7, 11) is 0.